The minimum atomic E-state index is -0.900. The molecule has 1 saturated heterocycles. The van der Waals surface area contributed by atoms with Gasteiger partial charge in [-0.1, -0.05) is 66.7 Å². The van der Waals surface area contributed by atoms with E-state index >= 15 is 0 Å². The highest BCUT2D eigenvalue weighted by atomic mass is 16.5. The second kappa shape index (κ2) is 12.5. The average Bonchev–Trinajstić information content (AvgIpc) is 2.97. The fraction of sp³-hybridized carbons (Fsp3) is 0.375. The van der Waals surface area contributed by atoms with Crippen LogP contribution < -0.4 is 15.8 Å². The van der Waals surface area contributed by atoms with E-state index < -0.39 is 17.6 Å². The van der Waals surface area contributed by atoms with E-state index in [-0.39, 0.29) is 23.4 Å². The van der Waals surface area contributed by atoms with Crippen LogP contribution in [0.4, 0.5) is 5.69 Å². The molecule has 4 N–H and O–H groups in total. The van der Waals surface area contributed by atoms with Crippen LogP contribution in [0.3, 0.4) is 0 Å². The van der Waals surface area contributed by atoms with Gasteiger partial charge in [0.05, 0.1) is 19.3 Å². The van der Waals surface area contributed by atoms with Gasteiger partial charge in [-0.15, -0.1) is 0 Å². The van der Waals surface area contributed by atoms with Crippen LogP contribution in [0.5, 0.6) is 5.75 Å². The lowest BCUT2D eigenvalue weighted by molar-refractivity contribution is -0.134. The highest BCUT2D eigenvalue weighted by Crippen LogP contribution is 2.40. The number of nitrogens with zero attached hydrogens (tertiary/aromatic N) is 2. The molecule has 0 aliphatic carbocycles. The maximum Gasteiger partial charge on any atom is 0.257 e. The fourth-order valence-electron chi connectivity index (χ4n) is 5.86. The van der Waals surface area contributed by atoms with Crippen LogP contribution in [0.15, 0.2) is 78.9 Å². The number of likely N-dealkylation sites (tertiary alicyclic amines) is 1. The summed E-state index contributed by atoms with van der Waals surface area (Å²) in [6, 6.07) is 24.4. The number of likely N-dealkylation sites (N-methyl/N-ethyl adjacent to an activating group) is 1. The number of carbonyl (C=O) groups is 2. The Labute approximate surface area is 236 Å². The SMILES string of the molecule is COc1cccc(N)c1C(=O)N[C@@H]1CCN(C(C)CC(C(=O)N(C)C)(c2ccccc2)c2ccccc2)C[C@H]1O. The summed E-state index contributed by atoms with van der Waals surface area (Å²) in [4.78, 5) is 31.0. The van der Waals surface area contributed by atoms with Crippen molar-refractivity contribution >= 4 is 17.5 Å². The summed E-state index contributed by atoms with van der Waals surface area (Å²) in [6.45, 7) is 3.12. The molecule has 3 aromatic carbocycles. The zero-order chi connectivity index (χ0) is 28.9. The fourth-order valence-corrected chi connectivity index (χ4v) is 5.86. The van der Waals surface area contributed by atoms with Crippen molar-refractivity contribution in [3.05, 3.63) is 95.6 Å². The average molecular weight is 545 g/mol. The van der Waals surface area contributed by atoms with E-state index in [0.29, 0.717) is 37.4 Å². The third-order valence-electron chi connectivity index (χ3n) is 7.96. The van der Waals surface area contributed by atoms with Crippen molar-refractivity contribution in [2.24, 2.45) is 0 Å². The molecule has 0 aromatic heterocycles. The molecule has 8 nitrogen and oxygen atoms in total. The van der Waals surface area contributed by atoms with Crippen LogP contribution in [0.2, 0.25) is 0 Å². The number of aliphatic hydroxyl groups is 1. The molecule has 2 amide bonds. The highest BCUT2D eigenvalue weighted by molar-refractivity contribution is 6.02. The van der Waals surface area contributed by atoms with E-state index in [2.05, 4.69) is 17.1 Å². The molecule has 0 bridgehead atoms. The molecule has 0 saturated carbocycles. The summed E-state index contributed by atoms with van der Waals surface area (Å²) in [5.41, 5.74) is 7.62. The van der Waals surface area contributed by atoms with Gasteiger partial charge < -0.3 is 25.8 Å². The lowest BCUT2D eigenvalue weighted by atomic mass is 9.69. The van der Waals surface area contributed by atoms with Crippen molar-refractivity contribution < 1.29 is 19.4 Å². The quantitative estimate of drug-likeness (QED) is 0.357. The second-order valence-electron chi connectivity index (χ2n) is 10.7. The summed E-state index contributed by atoms with van der Waals surface area (Å²) in [6.07, 6.45) is 0.292. The number of piperidine rings is 1. The highest BCUT2D eigenvalue weighted by Gasteiger charge is 2.45. The van der Waals surface area contributed by atoms with E-state index in [9.17, 15) is 14.7 Å². The molecule has 40 heavy (non-hydrogen) atoms. The number of rotatable bonds is 9. The van der Waals surface area contributed by atoms with E-state index in [1.807, 2.05) is 60.7 Å². The third-order valence-corrected chi connectivity index (χ3v) is 7.96. The first-order chi connectivity index (χ1) is 19.2. The van der Waals surface area contributed by atoms with Crippen LogP contribution in [-0.4, -0.2) is 79.2 Å². The standard InChI is InChI=1S/C32H40N4O4/c1-22(20-32(31(39)35(2)3,23-12-7-5-8-13-23)24-14-9-6-10-15-24)36-19-18-26(27(37)21-36)34-30(38)29-25(33)16-11-17-28(29)40-4/h5-17,22,26-27,37H,18-21,33H2,1-4H3,(H,34,38)/t22?,26-,27-/m1/s1. The Hall–Kier alpha value is -3.88. The number of hydrogen-bond donors (Lipinski definition) is 3. The number of nitrogens with one attached hydrogen (secondary N) is 1. The van der Waals surface area contributed by atoms with Crippen molar-refractivity contribution in [2.45, 2.75) is 43.4 Å². The minimum Gasteiger partial charge on any atom is -0.496 e. The molecule has 3 aromatic rings. The van der Waals surface area contributed by atoms with Crippen molar-refractivity contribution in [1.82, 2.24) is 15.1 Å². The van der Waals surface area contributed by atoms with Crippen LogP contribution >= 0.6 is 0 Å². The molecule has 0 radical (unpaired) electrons. The molecule has 1 fully saturated rings. The lowest BCUT2D eigenvalue weighted by Gasteiger charge is -2.44. The normalized spacial score (nSPS) is 18.5. The number of nitrogen functional groups attached to an aromatic ring is 1. The summed E-state index contributed by atoms with van der Waals surface area (Å²) in [7, 11) is 5.08. The Morgan fingerprint density at radius 2 is 1.65 bits per heavy atom. The van der Waals surface area contributed by atoms with E-state index in [4.69, 9.17) is 10.5 Å². The van der Waals surface area contributed by atoms with E-state index in [0.717, 1.165) is 11.1 Å². The molecule has 0 spiro atoms. The van der Waals surface area contributed by atoms with E-state index in [1.165, 1.54) is 7.11 Å². The zero-order valence-electron chi connectivity index (χ0n) is 23.7. The maximum absolute atomic E-state index is 14.0. The van der Waals surface area contributed by atoms with Crippen LogP contribution in [0.25, 0.3) is 0 Å². The number of aliphatic hydroxyl groups excluding tert-OH is 1. The van der Waals surface area contributed by atoms with Gasteiger partial charge in [0.2, 0.25) is 5.91 Å². The Bertz CT molecular complexity index is 1260. The van der Waals surface area contributed by atoms with E-state index in [1.54, 1.807) is 37.2 Å². The van der Waals surface area contributed by atoms with Gasteiger partial charge in [0.15, 0.2) is 0 Å². The largest absolute Gasteiger partial charge is 0.496 e. The lowest BCUT2D eigenvalue weighted by Crippen LogP contribution is -2.57. The number of nitrogens with two attached hydrogens (primary N) is 1. The number of β-amino-alcohol motifs (C(OH)–C–C–N with tert-alkyl or cyclic N) is 1. The van der Waals surface area contributed by atoms with Gasteiger partial charge in [0, 0.05) is 38.9 Å². The first kappa shape index (κ1) is 29.1. The Balaban J connectivity index is 1.55. The second-order valence-corrected chi connectivity index (χ2v) is 10.7. The van der Waals surface area contributed by atoms with Gasteiger partial charge in [0.25, 0.3) is 5.91 Å². The molecule has 1 aliphatic heterocycles. The summed E-state index contributed by atoms with van der Waals surface area (Å²) < 4.78 is 5.32. The Kier molecular flexibility index (Phi) is 9.12. The van der Waals surface area contributed by atoms with Crippen molar-refractivity contribution in [1.29, 1.82) is 0 Å². The smallest absolute Gasteiger partial charge is 0.257 e. The molecule has 8 heteroatoms. The first-order valence-corrected chi connectivity index (χ1v) is 13.7. The van der Waals surface area contributed by atoms with Gasteiger partial charge in [0.1, 0.15) is 16.7 Å². The molecule has 1 aliphatic rings. The van der Waals surface area contributed by atoms with Crippen molar-refractivity contribution in [3.8, 4) is 5.75 Å². The minimum absolute atomic E-state index is 0.00819. The first-order valence-electron chi connectivity index (χ1n) is 13.7. The molecular weight excluding hydrogens is 504 g/mol. The molecular formula is C32H40N4O4. The predicted octanol–water partition coefficient (Wildman–Crippen LogP) is 3.30. The third kappa shape index (κ3) is 5.83. The molecule has 3 atom stereocenters. The summed E-state index contributed by atoms with van der Waals surface area (Å²) in [5.74, 6) is 0.0277. The topological polar surface area (TPSA) is 108 Å². The maximum atomic E-state index is 14.0. The molecule has 1 unspecified atom stereocenters. The number of methoxy groups -OCH3 is 1. The number of carbonyl (C=O) groups excluding carboxylic acids is 2. The number of ether oxygens (including phenoxy) is 1. The number of amides is 2. The summed E-state index contributed by atoms with van der Waals surface area (Å²) in [5, 5.41) is 14.1. The van der Waals surface area contributed by atoms with Gasteiger partial charge >= 0.3 is 0 Å². The van der Waals surface area contributed by atoms with Crippen LogP contribution in [0, 0.1) is 0 Å². The zero-order valence-corrected chi connectivity index (χ0v) is 23.7. The number of benzene rings is 3. The molecule has 1 heterocycles. The number of anilines is 1. The van der Waals surface area contributed by atoms with Crippen LogP contribution in [0.1, 0.15) is 41.3 Å². The summed E-state index contributed by atoms with van der Waals surface area (Å²) >= 11 is 0. The van der Waals surface area contributed by atoms with Gasteiger partial charge in [-0.3, -0.25) is 14.5 Å². The van der Waals surface area contributed by atoms with Gasteiger partial charge in [-0.2, -0.15) is 0 Å². The Morgan fingerprint density at radius 3 is 2.17 bits per heavy atom. The Morgan fingerprint density at radius 1 is 1.05 bits per heavy atom. The van der Waals surface area contributed by atoms with Gasteiger partial charge in [-0.05, 0) is 43.0 Å². The van der Waals surface area contributed by atoms with Crippen molar-refractivity contribution in [2.75, 3.05) is 40.0 Å². The van der Waals surface area contributed by atoms with Crippen molar-refractivity contribution in [3.63, 3.8) is 0 Å². The monoisotopic (exact) mass is 544 g/mol. The van der Waals surface area contributed by atoms with Crippen LogP contribution in [-0.2, 0) is 10.2 Å². The predicted molar refractivity (Wildman–Crippen MR) is 157 cm³/mol. The van der Waals surface area contributed by atoms with Gasteiger partial charge in [-0.25, -0.2) is 0 Å². The number of hydrogen-bond acceptors (Lipinski definition) is 6. The molecule has 4 rings (SSSR count). The molecule has 212 valence electrons.